The van der Waals surface area contributed by atoms with Crippen molar-refractivity contribution in [2.75, 3.05) is 32.9 Å². The fraction of sp³-hybridized carbons (Fsp3) is 0.308. The van der Waals surface area contributed by atoms with E-state index in [2.05, 4.69) is 27.2 Å². The van der Waals surface area contributed by atoms with Gasteiger partial charge in [0.15, 0.2) is 5.69 Å². The summed E-state index contributed by atoms with van der Waals surface area (Å²) in [6.45, 7) is 1.59. The van der Waals surface area contributed by atoms with Crippen molar-refractivity contribution >= 4 is 29.1 Å². The molecule has 13 heteroatoms. The van der Waals surface area contributed by atoms with Crippen molar-refractivity contribution < 1.29 is 24.6 Å². The molecule has 1 fully saturated rings. The molecule has 11 nitrogen and oxygen atoms in total. The van der Waals surface area contributed by atoms with Crippen LogP contribution in [0.1, 0.15) is 34.5 Å². The Hall–Kier alpha value is -3.66. The second-order valence-corrected chi connectivity index (χ2v) is 9.26. The van der Waals surface area contributed by atoms with Gasteiger partial charge in [-0.25, -0.2) is 9.69 Å². The number of aliphatic hydroxyl groups is 1. The van der Waals surface area contributed by atoms with Crippen LogP contribution in [0.15, 0.2) is 42.5 Å². The lowest BCUT2D eigenvalue weighted by Crippen LogP contribution is -2.48. The minimum absolute atomic E-state index is 0.0107. The molecule has 2 heterocycles. The quantitative estimate of drug-likeness (QED) is 0.171. The molecule has 2 N–H and O–H groups in total. The average Bonchev–Trinajstić information content (AvgIpc) is 3.31. The number of nitrogens with one attached hydrogen (secondary N) is 1. The van der Waals surface area contributed by atoms with Crippen LogP contribution in [-0.2, 0) is 16.2 Å². The summed E-state index contributed by atoms with van der Waals surface area (Å²) in [6, 6.07) is 12.1. The van der Waals surface area contributed by atoms with Gasteiger partial charge >= 0.3 is 0 Å². The zero-order chi connectivity index (χ0) is 27.8. The lowest BCUT2D eigenvalue weighted by atomic mass is 10.0. The van der Waals surface area contributed by atoms with Gasteiger partial charge in [0.05, 0.1) is 42.8 Å². The largest absolute Gasteiger partial charge is 0.392 e. The highest BCUT2D eigenvalue weighted by atomic mass is 35.5. The Kier molecular flexibility index (Phi) is 9.75. The first-order valence-corrected chi connectivity index (χ1v) is 12.8. The molecule has 0 unspecified atom stereocenters. The van der Waals surface area contributed by atoms with Gasteiger partial charge in [0.25, 0.3) is 11.0 Å². The number of carbonyl (C=O) groups is 1. The van der Waals surface area contributed by atoms with Crippen LogP contribution in [-0.4, -0.2) is 63.8 Å². The number of nitrogens with zero attached hydrogens (tertiary/aromatic N) is 4. The fourth-order valence-electron chi connectivity index (χ4n) is 3.95. The van der Waals surface area contributed by atoms with Gasteiger partial charge in [-0.1, -0.05) is 47.2 Å². The molecule has 3 aromatic rings. The molecule has 0 atom stereocenters. The third-order valence-corrected chi connectivity index (χ3v) is 6.34. The van der Waals surface area contributed by atoms with Gasteiger partial charge in [-0.3, -0.25) is 10.2 Å². The number of rotatable bonds is 9. The van der Waals surface area contributed by atoms with E-state index in [1.54, 1.807) is 47.5 Å². The number of unbranched alkanes of at least 4 members (excludes halogenated alkanes) is 1. The van der Waals surface area contributed by atoms with Crippen LogP contribution in [0, 0.1) is 22.0 Å². The monoisotopic (exact) mass is 573 g/mol. The Balaban J connectivity index is 1.66. The highest BCUT2D eigenvalue weighted by molar-refractivity contribution is 6.35. The summed E-state index contributed by atoms with van der Waals surface area (Å²) in [7, 11) is 0. The summed E-state index contributed by atoms with van der Waals surface area (Å²) in [5.41, 5.74) is 5.60. The predicted molar refractivity (Wildman–Crippen MR) is 144 cm³/mol. The van der Waals surface area contributed by atoms with Gasteiger partial charge in [-0.2, -0.15) is 5.10 Å². The van der Waals surface area contributed by atoms with E-state index in [1.165, 1.54) is 4.68 Å². The van der Waals surface area contributed by atoms with Crippen LogP contribution in [0.4, 0.5) is 0 Å². The van der Waals surface area contributed by atoms with Crippen LogP contribution in [0.3, 0.4) is 0 Å². The molecular formula is C26H25Cl2N5O6. The van der Waals surface area contributed by atoms with Crippen LogP contribution in [0.2, 0.25) is 10.0 Å². The number of hydrogen-bond acceptors (Lipinski definition) is 8. The molecule has 4 rings (SSSR count). The Bertz CT molecular complexity index is 1390. The Morgan fingerprint density at radius 3 is 2.62 bits per heavy atom. The van der Waals surface area contributed by atoms with Crippen molar-refractivity contribution in [1.29, 1.82) is 0 Å². The Morgan fingerprint density at radius 2 is 1.95 bits per heavy atom. The van der Waals surface area contributed by atoms with E-state index in [4.69, 9.17) is 27.9 Å². The number of carbonyl (C=O) groups excluding carboxylic acids is 1. The maximum Gasteiger partial charge on any atom is 0.294 e. The van der Waals surface area contributed by atoms with Crippen molar-refractivity contribution in [3.63, 3.8) is 0 Å². The highest BCUT2D eigenvalue weighted by Crippen LogP contribution is 2.33. The van der Waals surface area contributed by atoms with Gasteiger partial charge in [0, 0.05) is 41.2 Å². The van der Waals surface area contributed by atoms with E-state index in [1.807, 2.05) is 0 Å². The van der Waals surface area contributed by atoms with E-state index in [0.29, 0.717) is 71.7 Å². The predicted octanol–water partition coefficient (Wildman–Crippen LogP) is 3.66. The van der Waals surface area contributed by atoms with E-state index < -0.39 is 17.6 Å². The number of halogens is 2. The molecule has 0 spiro atoms. The van der Waals surface area contributed by atoms with Gasteiger partial charge < -0.3 is 14.7 Å². The Labute approximate surface area is 234 Å². The van der Waals surface area contributed by atoms with Crippen molar-refractivity contribution in [1.82, 2.24) is 20.2 Å². The molecule has 2 aromatic carbocycles. The van der Waals surface area contributed by atoms with Crippen LogP contribution >= 0.6 is 23.2 Å². The summed E-state index contributed by atoms with van der Waals surface area (Å²) >= 11 is 12.6. The SMILES string of the molecule is O=C(NN1CCOCC1)c1nn(-c2ccc(Cl)cc2Cl)c(-c2ccc(C#CCCCO[N+](=O)[O-])cc2)c1CO. The molecule has 1 aliphatic rings. The summed E-state index contributed by atoms with van der Waals surface area (Å²) < 4.78 is 6.86. The number of benzene rings is 2. The summed E-state index contributed by atoms with van der Waals surface area (Å²) in [5, 5.41) is 26.8. The topological polar surface area (TPSA) is 132 Å². The number of hydrazine groups is 1. The fourth-order valence-corrected chi connectivity index (χ4v) is 4.44. The lowest BCUT2D eigenvalue weighted by Gasteiger charge is -2.26. The lowest BCUT2D eigenvalue weighted by molar-refractivity contribution is -0.757. The maximum atomic E-state index is 13.2. The third-order valence-electron chi connectivity index (χ3n) is 5.80. The van der Waals surface area contributed by atoms with Gasteiger partial charge in [0.1, 0.15) is 0 Å². The second-order valence-electron chi connectivity index (χ2n) is 8.42. The van der Waals surface area contributed by atoms with Crippen LogP contribution < -0.4 is 5.43 Å². The standard InChI is InChI=1S/C26H25Cl2N5O6/c27-20-9-10-23(22(28)16-20)32-25(19-7-5-18(6-8-19)4-2-1-3-13-39-33(36)37)21(17-34)24(29-32)26(35)30-31-11-14-38-15-12-31/h5-10,16,34H,1,3,11-15,17H2,(H,30,35). The highest BCUT2D eigenvalue weighted by Gasteiger charge is 2.26. The van der Waals surface area contributed by atoms with Crippen molar-refractivity contribution in [3.8, 4) is 28.8 Å². The van der Waals surface area contributed by atoms with Crippen molar-refractivity contribution in [2.24, 2.45) is 0 Å². The number of hydrogen-bond donors (Lipinski definition) is 2. The molecule has 1 saturated heterocycles. The molecule has 0 saturated carbocycles. The second kappa shape index (κ2) is 13.4. The molecule has 1 aromatic heterocycles. The molecule has 204 valence electrons. The molecule has 1 aliphatic heterocycles. The summed E-state index contributed by atoms with van der Waals surface area (Å²) in [4.78, 5) is 27.7. The van der Waals surface area contributed by atoms with Crippen LogP contribution in [0.25, 0.3) is 16.9 Å². The summed E-state index contributed by atoms with van der Waals surface area (Å²) in [6.07, 6.45) is 0.871. The minimum atomic E-state index is -0.827. The van der Waals surface area contributed by atoms with E-state index in [-0.39, 0.29) is 12.3 Å². The number of amides is 1. The number of morpholine rings is 1. The minimum Gasteiger partial charge on any atom is -0.392 e. The Morgan fingerprint density at radius 1 is 1.21 bits per heavy atom. The first-order valence-electron chi connectivity index (χ1n) is 12.1. The van der Waals surface area contributed by atoms with Crippen molar-refractivity contribution in [3.05, 3.63) is 79.4 Å². The molecule has 1 amide bonds. The maximum absolute atomic E-state index is 13.2. The van der Waals surface area contributed by atoms with Gasteiger partial charge in [0.2, 0.25) is 0 Å². The van der Waals surface area contributed by atoms with E-state index >= 15 is 0 Å². The molecule has 0 aliphatic carbocycles. The number of aliphatic hydroxyl groups excluding tert-OH is 1. The number of aromatic nitrogens is 2. The molecule has 39 heavy (non-hydrogen) atoms. The van der Waals surface area contributed by atoms with Crippen LogP contribution in [0.5, 0.6) is 0 Å². The summed E-state index contributed by atoms with van der Waals surface area (Å²) in [5.74, 6) is 5.50. The third kappa shape index (κ3) is 7.26. The first kappa shape index (κ1) is 28.4. The first-order chi connectivity index (χ1) is 18.9. The zero-order valence-corrected chi connectivity index (χ0v) is 22.2. The van der Waals surface area contributed by atoms with E-state index in [9.17, 15) is 20.0 Å². The molecular weight excluding hydrogens is 549 g/mol. The van der Waals surface area contributed by atoms with Gasteiger partial charge in [-0.15, -0.1) is 10.1 Å². The molecule has 0 radical (unpaired) electrons. The van der Waals surface area contributed by atoms with Gasteiger partial charge in [-0.05, 0) is 36.8 Å². The average molecular weight is 574 g/mol. The van der Waals surface area contributed by atoms with E-state index in [0.717, 1.165) is 5.56 Å². The number of ether oxygens (including phenoxy) is 1. The van der Waals surface area contributed by atoms with Crippen molar-refractivity contribution in [2.45, 2.75) is 19.4 Å². The zero-order valence-electron chi connectivity index (χ0n) is 20.7. The normalized spacial score (nSPS) is 13.4. The molecule has 0 bridgehead atoms. The smallest absolute Gasteiger partial charge is 0.294 e.